The van der Waals surface area contributed by atoms with Gasteiger partial charge in [-0.05, 0) is 36.6 Å². The normalized spacial score (nSPS) is 19.7. The van der Waals surface area contributed by atoms with E-state index in [1.165, 1.54) is 16.6 Å². The minimum Gasteiger partial charge on any atom is -1.00 e. The van der Waals surface area contributed by atoms with Crippen LogP contribution in [0.15, 0.2) is 30.3 Å². The van der Waals surface area contributed by atoms with Gasteiger partial charge in [0.05, 0.1) is 11.2 Å². The molecule has 1 aromatic heterocycles. The summed E-state index contributed by atoms with van der Waals surface area (Å²) >= 11 is 0. The number of Topliss-reactive ketones (excluding diaryl/α,β-unsaturated/α-hetero) is 1. The Bertz CT molecular complexity index is 1060. The number of fused-ring (bicyclic) bond motifs is 5. The van der Waals surface area contributed by atoms with E-state index in [9.17, 15) is 4.79 Å². The number of benzene rings is 2. The lowest BCUT2D eigenvalue weighted by atomic mass is 9.72. The van der Waals surface area contributed by atoms with Gasteiger partial charge in [0, 0.05) is 54.5 Å². The molecule has 0 unspecified atom stereocenters. The summed E-state index contributed by atoms with van der Waals surface area (Å²) in [4.78, 5) is 21.7. The monoisotopic (exact) mass is 396 g/mol. The Balaban J connectivity index is 0.00000192. The number of halogens is 1. The zero-order valence-electron chi connectivity index (χ0n) is 16.8. The van der Waals surface area contributed by atoms with E-state index in [1.54, 1.807) is 0 Å². The molecule has 0 amide bonds. The molecular formula is C23H27ClN3O-. The predicted octanol–water partition coefficient (Wildman–Crippen LogP) is 1.23. The minimum atomic E-state index is 0. The second-order valence-electron chi connectivity index (χ2n) is 9.08. The zero-order chi connectivity index (χ0) is 18.8. The van der Waals surface area contributed by atoms with Crippen molar-refractivity contribution < 1.29 is 17.2 Å². The van der Waals surface area contributed by atoms with Crippen molar-refractivity contribution in [2.75, 3.05) is 38.1 Å². The lowest BCUT2D eigenvalue weighted by Gasteiger charge is -2.36. The van der Waals surface area contributed by atoms with Crippen LogP contribution >= 0.6 is 0 Å². The molecule has 2 heterocycles. The van der Waals surface area contributed by atoms with Gasteiger partial charge in [0.2, 0.25) is 0 Å². The number of rotatable bonds is 1. The fourth-order valence-electron chi connectivity index (χ4n) is 4.92. The summed E-state index contributed by atoms with van der Waals surface area (Å²) in [7, 11) is 2.18. The molecule has 1 aliphatic heterocycles. The van der Waals surface area contributed by atoms with Crippen LogP contribution < -0.4 is 17.3 Å². The SMILES string of the molecule is CN1CCN(c2cc3c(c4c2[nH]c2ccccc24)C(=O)CC(C)(C)C3)CC1.[Cl-]. The van der Waals surface area contributed by atoms with Crippen molar-refractivity contribution in [1.82, 2.24) is 9.88 Å². The lowest BCUT2D eigenvalue weighted by molar-refractivity contribution is -0.0000158. The van der Waals surface area contributed by atoms with E-state index in [1.807, 2.05) is 0 Å². The minimum absolute atomic E-state index is 0. The summed E-state index contributed by atoms with van der Waals surface area (Å²) < 4.78 is 0. The van der Waals surface area contributed by atoms with Gasteiger partial charge in [-0.2, -0.15) is 0 Å². The summed E-state index contributed by atoms with van der Waals surface area (Å²) in [5.41, 5.74) is 5.73. The van der Waals surface area contributed by atoms with E-state index < -0.39 is 0 Å². The first-order chi connectivity index (χ1) is 12.9. The summed E-state index contributed by atoms with van der Waals surface area (Å²) in [6, 6.07) is 10.7. The number of aromatic nitrogens is 1. The van der Waals surface area contributed by atoms with Crippen molar-refractivity contribution >= 4 is 33.3 Å². The van der Waals surface area contributed by atoms with Crippen molar-refractivity contribution in [3.63, 3.8) is 0 Å². The van der Waals surface area contributed by atoms with Crippen molar-refractivity contribution in [2.45, 2.75) is 26.7 Å². The van der Waals surface area contributed by atoms with Crippen LogP contribution in [0.5, 0.6) is 0 Å². The molecule has 0 bridgehead atoms. The number of H-pyrrole nitrogens is 1. The Kier molecular flexibility index (Phi) is 4.67. The Hall–Kier alpha value is -2.04. The Morgan fingerprint density at radius 3 is 2.50 bits per heavy atom. The Morgan fingerprint density at radius 1 is 1.04 bits per heavy atom. The molecule has 5 heteroatoms. The third-order valence-corrected chi connectivity index (χ3v) is 6.28. The van der Waals surface area contributed by atoms with E-state index in [4.69, 9.17) is 0 Å². The van der Waals surface area contributed by atoms with E-state index >= 15 is 0 Å². The van der Waals surface area contributed by atoms with Gasteiger partial charge in [0.1, 0.15) is 0 Å². The van der Waals surface area contributed by atoms with Gasteiger partial charge >= 0.3 is 0 Å². The van der Waals surface area contributed by atoms with Gasteiger partial charge in [-0.15, -0.1) is 0 Å². The maximum Gasteiger partial charge on any atom is 0.164 e. The smallest absolute Gasteiger partial charge is 0.164 e. The second kappa shape index (κ2) is 6.78. The first-order valence-electron chi connectivity index (χ1n) is 9.96. The lowest BCUT2D eigenvalue weighted by Crippen LogP contribution is -3.00. The third-order valence-electron chi connectivity index (χ3n) is 6.28. The van der Waals surface area contributed by atoms with Crippen LogP contribution in [0.1, 0.15) is 36.2 Å². The van der Waals surface area contributed by atoms with Gasteiger partial charge in [0.15, 0.2) is 5.78 Å². The number of likely N-dealkylation sites (N-methyl/N-ethyl adjacent to an activating group) is 1. The number of piperazine rings is 1. The van der Waals surface area contributed by atoms with Crippen LogP contribution in [0.25, 0.3) is 21.8 Å². The average Bonchev–Trinajstić information content (AvgIpc) is 3.00. The molecule has 2 aliphatic rings. The topological polar surface area (TPSA) is 39.3 Å². The second-order valence-corrected chi connectivity index (χ2v) is 9.08. The number of ketones is 1. The molecule has 0 atom stereocenters. The summed E-state index contributed by atoms with van der Waals surface area (Å²) in [6.45, 7) is 8.62. The van der Waals surface area contributed by atoms with Gasteiger partial charge in [-0.25, -0.2) is 0 Å². The highest BCUT2D eigenvalue weighted by atomic mass is 35.5. The van der Waals surface area contributed by atoms with Gasteiger partial charge < -0.3 is 27.2 Å². The van der Waals surface area contributed by atoms with Crippen LogP contribution in [0.3, 0.4) is 0 Å². The molecule has 1 fully saturated rings. The number of nitrogens with zero attached hydrogens (tertiary/aromatic N) is 2. The zero-order valence-corrected chi connectivity index (χ0v) is 17.6. The van der Waals surface area contributed by atoms with Crippen molar-refractivity contribution in [2.24, 2.45) is 5.41 Å². The molecule has 0 radical (unpaired) electrons. The van der Waals surface area contributed by atoms with Crippen molar-refractivity contribution in [3.05, 3.63) is 41.5 Å². The summed E-state index contributed by atoms with van der Waals surface area (Å²) in [5, 5.41) is 2.31. The molecule has 1 saturated heterocycles. The molecule has 28 heavy (non-hydrogen) atoms. The van der Waals surface area contributed by atoms with Crippen LogP contribution in [-0.2, 0) is 6.42 Å². The number of para-hydroxylation sites is 1. The van der Waals surface area contributed by atoms with E-state index in [0.29, 0.717) is 12.2 Å². The number of carbonyl (C=O) groups is 1. The fourth-order valence-corrected chi connectivity index (χ4v) is 4.92. The molecule has 4 nitrogen and oxygen atoms in total. The number of carbonyl (C=O) groups excluding carboxylic acids is 1. The van der Waals surface area contributed by atoms with E-state index in [2.05, 4.69) is 66.0 Å². The van der Waals surface area contributed by atoms with Crippen molar-refractivity contribution in [1.29, 1.82) is 0 Å². The first-order valence-corrected chi connectivity index (χ1v) is 9.96. The molecule has 3 aromatic rings. The maximum atomic E-state index is 13.2. The Labute approximate surface area is 172 Å². The largest absolute Gasteiger partial charge is 1.00 e. The highest BCUT2D eigenvalue weighted by Crippen LogP contribution is 2.43. The number of hydrogen-bond donors (Lipinski definition) is 1. The standard InChI is InChI=1S/C23H27N3O.ClH/c1-23(2)13-15-12-18(26-10-8-25(3)9-11-26)22-21(20(15)19(27)14-23)16-6-4-5-7-17(16)24-22;/h4-7,12,24H,8-11,13-14H2,1-3H3;1H/p-1. The van der Waals surface area contributed by atoms with E-state index in [0.717, 1.165) is 54.6 Å². The number of anilines is 1. The molecule has 0 spiro atoms. The number of aromatic amines is 1. The number of hydrogen-bond acceptors (Lipinski definition) is 3. The predicted molar refractivity (Wildman–Crippen MR) is 112 cm³/mol. The quantitative estimate of drug-likeness (QED) is 0.672. The highest BCUT2D eigenvalue weighted by Gasteiger charge is 2.34. The van der Waals surface area contributed by atoms with Crippen molar-refractivity contribution in [3.8, 4) is 0 Å². The van der Waals surface area contributed by atoms with Crippen LogP contribution in [0.2, 0.25) is 0 Å². The molecular weight excluding hydrogens is 370 g/mol. The maximum absolute atomic E-state index is 13.2. The fraction of sp³-hybridized carbons (Fsp3) is 0.435. The summed E-state index contributed by atoms with van der Waals surface area (Å²) in [6.07, 6.45) is 1.59. The van der Waals surface area contributed by atoms with Gasteiger partial charge in [0.25, 0.3) is 0 Å². The molecule has 0 saturated carbocycles. The van der Waals surface area contributed by atoms with Crippen LogP contribution in [-0.4, -0.2) is 48.9 Å². The first kappa shape index (κ1) is 19.3. The molecule has 5 rings (SSSR count). The van der Waals surface area contributed by atoms with Crippen LogP contribution in [0, 0.1) is 5.41 Å². The third kappa shape index (κ3) is 2.99. The van der Waals surface area contributed by atoms with Gasteiger partial charge in [-0.3, -0.25) is 4.79 Å². The number of nitrogens with one attached hydrogen (secondary N) is 1. The van der Waals surface area contributed by atoms with Gasteiger partial charge in [-0.1, -0.05) is 32.0 Å². The highest BCUT2D eigenvalue weighted by molar-refractivity contribution is 6.22. The van der Waals surface area contributed by atoms with E-state index in [-0.39, 0.29) is 17.8 Å². The molecule has 1 aliphatic carbocycles. The molecule has 148 valence electrons. The average molecular weight is 397 g/mol. The molecule has 1 N–H and O–H groups in total. The molecule has 2 aromatic carbocycles. The van der Waals surface area contributed by atoms with Crippen LogP contribution in [0.4, 0.5) is 5.69 Å². The Morgan fingerprint density at radius 2 is 1.75 bits per heavy atom. The summed E-state index contributed by atoms with van der Waals surface area (Å²) in [5.74, 6) is 0.293.